The summed E-state index contributed by atoms with van der Waals surface area (Å²) in [4.78, 5) is 0. The molecule has 1 aromatic heterocycles. The smallest absolute Gasteiger partial charge is 0.231 e. The molecule has 16 heavy (non-hydrogen) atoms. The maximum atomic E-state index is 5.66. The second-order valence-electron chi connectivity index (χ2n) is 3.26. The first-order valence-electron chi connectivity index (χ1n) is 4.56. The molecule has 0 spiro atoms. The molecule has 1 aliphatic heterocycles. The maximum absolute atomic E-state index is 5.66. The van der Waals surface area contributed by atoms with E-state index in [1.807, 2.05) is 12.1 Å². The third kappa shape index (κ3) is 1.26. The minimum atomic E-state index is 0.233. The van der Waals surface area contributed by atoms with Crippen molar-refractivity contribution in [1.29, 1.82) is 0 Å². The van der Waals surface area contributed by atoms with Crippen molar-refractivity contribution in [2.75, 3.05) is 12.5 Å². The zero-order valence-corrected chi connectivity index (χ0v) is 9.65. The van der Waals surface area contributed by atoms with Crippen LogP contribution >= 0.6 is 15.9 Å². The minimum absolute atomic E-state index is 0.233. The summed E-state index contributed by atoms with van der Waals surface area (Å²) >= 11 is 3.46. The SMILES string of the molecule is Nc1oncc1-c1ccc2c(c1Br)OCO2. The van der Waals surface area contributed by atoms with E-state index >= 15 is 0 Å². The summed E-state index contributed by atoms with van der Waals surface area (Å²) in [6.07, 6.45) is 1.57. The zero-order valence-electron chi connectivity index (χ0n) is 8.07. The predicted molar refractivity (Wildman–Crippen MR) is 60.2 cm³/mol. The van der Waals surface area contributed by atoms with Crippen molar-refractivity contribution < 1.29 is 14.0 Å². The molecule has 0 fully saturated rings. The maximum Gasteiger partial charge on any atom is 0.231 e. The van der Waals surface area contributed by atoms with Crippen LogP contribution in [0.2, 0.25) is 0 Å². The van der Waals surface area contributed by atoms with Gasteiger partial charge < -0.3 is 19.7 Å². The number of ether oxygens (including phenoxy) is 2. The van der Waals surface area contributed by atoms with Crippen LogP contribution in [-0.4, -0.2) is 11.9 Å². The number of anilines is 1. The average Bonchev–Trinajstić information content (AvgIpc) is 2.88. The van der Waals surface area contributed by atoms with Crippen molar-refractivity contribution in [3.05, 3.63) is 22.8 Å². The lowest BCUT2D eigenvalue weighted by Crippen LogP contribution is -1.93. The Labute approximate surface area is 99.2 Å². The summed E-state index contributed by atoms with van der Waals surface area (Å²) in [5, 5.41) is 3.64. The number of nitrogens with two attached hydrogens (primary N) is 1. The van der Waals surface area contributed by atoms with Crippen LogP contribution in [0.3, 0.4) is 0 Å². The van der Waals surface area contributed by atoms with Crippen LogP contribution in [0.25, 0.3) is 11.1 Å². The molecule has 2 aromatic rings. The molecule has 0 radical (unpaired) electrons. The monoisotopic (exact) mass is 282 g/mol. The first-order chi connectivity index (χ1) is 7.77. The molecule has 0 bridgehead atoms. The molecule has 0 saturated heterocycles. The Morgan fingerprint density at radius 3 is 2.88 bits per heavy atom. The van der Waals surface area contributed by atoms with Gasteiger partial charge in [-0.1, -0.05) is 5.16 Å². The van der Waals surface area contributed by atoms with E-state index in [1.165, 1.54) is 0 Å². The van der Waals surface area contributed by atoms with Crippen LogP contribution in [0.1, 0.15) is 0 Å². The Kier molecular flexibility index (Phi) is 2.03. The molecule has 5 nitrogen and oxygen atoms in total. The normalized spacial score (nSPS) is 13.1. The van der Waals surface area contributed by atoms with Gasteiger partial charge in [-0.15, -0.1) is 0 Å². The van der Waals surface area contributed by atoms with Gasteiger partial charge >= 0.3 is 0 Å². The summed E-state index contributed by atoms with van der Waals surface area (Å²) in [7, 11) is 0. The third-order valence-electron chi connectivity index (χ3n) is 2.37. The minimum Gasteiger partial charge on any atom is -0.454 e. The van der Waals surface area contributed by atoms with Crippen LogP contribution in [0.5, 0.6) is 11.5 Å². The van der Waals surface area contributed by atoms with Crippen molar-refractivity contribution in [1.82, 2.24) is 5.16 Å². The van der Waals surface area contributed by atoms with E-state index in [4.69, 9.17) is 19.7 Å². The second-order valence-corrected chi connectivity index (χ2v) is 4.06. The van der Waals surface area contributed by atoms with E-state index in [9.17, 15) is 0 Å². The highest BCUT2D eigenvalue weighted by atomic mass is 79.9. The fraction of sp³-hybridized carbons (Fsp3) is 0.100. The van der Waals surface area contributed by atoms with Crippen LogP contribution in [0.4, 0.5) is 5.88 Å². The molecule has 3 rings (SSSR count). The average molecular weight is 283 g/mol. The van der Waals surface area contributed by atoms with Gasteiger partial charge in [-0.2, -0.15) is 0 Å². The van der Waals surface area contributed by atoms with Gasteiger partial charge in [-0.05, 0) is 28.1 Å². The fourth-order valence-corrected chi connectivity index (χ4v) is 2.25. The molecule has 0 amide bonds. The molecule has 0 unspecified atom stereocenters. The molecule has 6 heteroatoms. The molecule has 1 aromatic carbocycles. The highest BCUT2D eigenvalue weighted by molar-refractivity contribution is 9.10. The van der Waals surface area contributed by atoms with Gasteiger partial charge in [-0.3, -0.25) is 0 Å². The molecule has 2 N–H and O–H groups in total. The summed E-state index contributed by atoms with van der Waals surface area (Å²) in [6.45, 7) is 0.233. The Hall–Kier alpha value is -1.69. The molecule has 0 atom stereocenters. The van der Waals surface area contributed by atoms with Crippen LogP contribution in [0, 0.1) is 0 Å². The van der Waals surface area contributed by atoms with E-state index in [2.05, 4.69) is 21.1 Å². The number of benzene rings is 1. The Morgan fingerprint density at radius 1 is 1.25 bits per heavy atom. The first-order valence-corrected chi connectivity index (χ1v) is 5.35. The lowest BCUT2D eigenvalue weighted by molar-refractivity contribution is 0.173. The standard InChI is InChI=1S/C10H7BrN2O3/c11-8-5(6-3-13-16-10(6)12)1-2-7-9(8)15-4-14-7/h1-3H,4,12H2. The van der Waals surface area contributed by atoms with Crippen molar-refractivity contribution in [3.63, 3.8) is 0 Å². The van der Waals surface area contributed by atoms with E-state index in [0.717, 1.165) is 15.6 Å². The summed E-state index contributed by atoms with van der Waals surface area (Å²) in [5.41, 5.74) is 7.26. The molecular formula is C10H7BrN2O3. The summed E-state index contributed by atoms with van der Waals surface area (Å²) in [5.74, 6) is 1.67. The molecule has 1 aliphatic rings. The molecule has 82 valence electrons. The largest absolute Gasteiger partial charge is 0.454 e. The van der Waals surface area contributed by atoms with Crippen molar-refractivity contribution >= 4 is 21.8 Å². The Morgan fingerprint density at radius 2 is 2.12 bits per heavy atom. The van der Waals surface area contributed by atoms with Gasteiger partial charge in [0, 0.05) is 5.56 Å². The number of hydrogen-bond donors (Lipinski definition) is 1. The third-order valence-corrected chi connectivity index (χ3v) is 3.15. The van der Waals surface area contributed by atoms with Gasteiger partial charge in [0.05, 0.1) is 16.2 Å². The second kappa shape index (κ2) is 3.41. The highest BCUT2D eigenvalue weighted by Gasteiger charge is 2.21. The quantitative estimate of drug-likeness (QED) is 0.870. The topological polar surface area (TPSA) is 70.5 Å². The van der Waals surface area contributed by atoms with Crippen LogP contribution in [-0.2, 0) is 0 Å². The Balaban J connectivity index is 2.20. The van der Waals surface area contributed by atoms with Crippen LogP contribution < -0.4 is 15.2 Å². The lowest BCUT2D eigenvalue weighted by atomic mass is 10.1. The van der Waals surface area contributed by atoms with Gasteiger partial charge in [-0.25, -0.2) is 0 Å². The van der Waals surface area contributed by atoms with E-state index < -0.39 is 0 Å². The van der Waals surface area contributed by atoms with Crippen LogP contribution in [0.15, 0.2) is 27.3 Å². The number of halogens is 1. The number of nitrogens with zero attached hydrogens (tertiary/aromatic N) is 1. The molecule has 0 saturated carbocycles. The highest BCUT2D eigenvalue weighted by Crippen LogP contribution is 2.45. The molecular weight excluding hydrogens is 276 g/mol. The van der Waals surface area contributed by atoms with E-state index in [0.29, 0.717) is 11.5 Å². The van der Waals surface area contributed by atoms with Gasteiger partial charge in [0.2, 0.25) is 12.7 Å². The Bertz CT molecular complexity index is 553. The van der Waals surface area contributed by atoms with Crippen molar-refractivity contribution in [2.24, 2.45) is 0 Å². The lowest BCUT2D eigenvalue weighted by Gasteiger charge is -2.05. The predicted octanol–water partition coefficient (Wildman–Crippen LogP) is 2.42. The van der Waals surface area contributed by atoms with E-state index in [-0.39, 0.29) is 12.7 Å². The summed E-state index contributed by atoms with van der Waals surface area (Å²) in [6, 6.07) is 3.70. The van der Waals surface area contributed by atoms with Gasteiger partial charge in [0.1, 0.15) is 0 Å². The van der Waals surface area contributed by atoms with Crippen molar-refractivity contribution in [3.8, 4) is 22.6 Å². The number of aromatic nitrogens is 1. The number of rotatable bonds is 1. The first kappa shape index (κ1) is 9.53. The number of fused-ring (bicyclic) bond motifs is 1. The van der Waals surface area contributed by atoms with Crippen molar-refractivity contribution in [2.45, 2.75) is 0 Å². The van der Waals surface area contributed by atoms with E-state index in [1.54, 1.807) is 6.20 Å². The van der Waals surface area contributed by atoms with Gasteiger partial charge in [0.15, 0.2) is 11.5 Å². The zero-order chi connectivity index (χ0) is 11.1. The number of hydrogen-bond acceptors (Lipinski definition) is 5. The fourth-order valence-electron chi connectivity index (χ4n) is 1.60. The number of nitrogen functional groups attached to an aromatic ring is 1. The van der Waals surface area contributed by atoms with Gasteiger partial charge in [0.25, 0.3) is 0 Å². The molecule has 0 aliphatic carbocycles. The summed E-state index contributed by atoms with van der Waals surface area (Å²) < 4.78 is 16.2. The molecule has 2 heterocycles.